The van der Waals surface area contributed by atoms with Crippen molar-refractivity contribution in [2.75, 3.05) is 39.9 Å². The van der Waals surface area contributed by atoms with Gasteiger partial charge in [-0.3, -0.25) is 10.00 Å². The van der Waals surface area contributed by atoms with Gasteiger partial charge in [0.25, 0.3) is 0 Å². The molecule has 2 aromatic carbocycles. The fraction of sp³-hybridized carbons (Fsp3) is 0.429. The van der Waals surface area contributed by atoms with Gasteiger partial charge in [-0.25, -0.2) is 9.18 Å². The molecule has 0 radical (unpaired) electrons. The number of unbranched alkanes of at least 4 members (excludes halogenated alkanes) is 2. The molecule has 2 N–H and O–H groups in total. The molecule has 2 heterocycles. The van der Waals surface area contributed by atoms with Crippen molar-refractivity contribution < 1.29 is 13.9 Å². The lowest BCUT2D eigenvalue weighted by Crippen LogP contribution is -2.38. The van der Waals surface area contributed by atoms with Crippen molar-refractivity contribution in [3.8, 4) is 11.3 Å². The summed E-state index contributed by atoms with van der Waals surface area (Å²) in [5, 5.41) is 10.4. The molecule has 0 saturated carbocycles. The molecule has 2 amide bonds. The predicted octanol–water partition coefficient (Wildman–Crippen LogP) is 4.60. The number of urea groups is 1. The van der Waals surface area contributed by atoms with E-state index in [2.05, 4.69) is 38.6 Å². The number of morpholine rings is 1. The van der Waals surface area contributed by atoms with Crippen molar-refractivity contribution >= 4 is 6.03 Å². The molecule has 36 heavy (non-hydrogen) atoms. The van der Waals surface area contributed by atoms with Gasteiger partial charge < -0.3 is 15.0 Å². The smallest absolute Gasteiger partial charge is 0.317 e. The van der Waals surface area contributed by atoms with E-state index < -0.39 is 0 Å². The normalized spacial score (nSPS) is 14.1. The fourth-order valence-corrected chi connectivity index (χ4v) is 4.42. The van der Waals surface area contributed by atoms with Crippen LogP contribution in [-0.2, 0) is 24.2 Å². The second-order valence-electron chi connectivity index (χ2n) is 9.34. The number of rotatable bonds is 11. The summed E-state index contributed by atoms with van der Waals surface area (Å²) < 4.78 is 18.9. The first kappa shape index (κ1) is 25.9. The van der Waals surface area contributed by atoms with Gasteiger partial charge in [0.2, 0.25) is 0 Å². The van der Waals surface area contributed by atoms with E-state index in [0.717, 1.165) is 81.0 Å². The second kappa shape index (κ2) is 13.2. The molecule has 1 aliphatic rings. The Morgan fingerprint density at radius 1 is 1.08 bits per heavy atom. The van der Waals surface area contributed by atoms with Crippen LogP contribution in [0.15, 0.2) is 54.6 Å². The minimum Gasteiger partial charge on any atom is -0.379 e. The highest BCUT2D eigenvalue weighted by molar-refractivity contribution is 5.73. The van der Waals surface area contributed by atoms with Crippen LogP contribution >= 0.6 is 0 Å². The molecule has 1 aromatic heterocycles. The Labute approximate surface area is 212 Å². The monoisotopic (exact) mass is 493 g/mol. The molecule has 0 atom stereocenters. The molecule has 7 nitrogen and oxygen atoms in total. The zero-order valence-corrected chi connectivity index (χ0v) is 21.0. The summed E-state index contributed by atoms with van der Waals surface area (Å²) in [6.07, 6.45) is 3.81. The predicted molar refractivity (Wildman–Crippen MR) is 139 cm³/mol. The van der Waals surface area contributed by atoms with Crippen LogP contribution in [0.1, 0.15) is 36.1 Å². The van der Waals surface area contributed by atoms with Crippen molar-refractivity contribution in [2.45, 2.75) is 38.8 Å². The number of carbonyl (C=O) groups excluding carboxylic acids is 1. The number of carbonyl (C=O) groups is 1. The summed E-state index contributed by atoms with van der Waals surface area (Å²) in [7, 11) is 1.84. The third-order valence-corrected chi connectivity index (χ3v) is 6.58. The van der Waals surface area contributed by atoms with Gasteiger partial charge in [0.15, 0.2) is 0 Å². The zero-order valence-electron chi connectivity index (χ0n) is 21.0. The maximum absolute atomic E-state index is 13.4. The van der Waals surface area contributed by atoms with Crippen LogP contribution in [-0.4, -0.2) is 65.9 Å². The minimum atomic E-state index is -0.262. The van der Waals surface area contributed by atoms with Gasteiger partial charge in [0, 0.05) is 51.0 Å². The highest BCUT2D eigenvalue weighted by Crippen LogP contribution is 2.19. The summed E-state index contributed by atoms with van der Waals surface area (Å²) >= 11 is 0. The highest BCUT2D eigenvalue weighted by atomic mass is 19.1. The van der Waals surface area contributed by atoms with Gasteiger partial charge in [-0.05, 0) is 48.6 Å². The molecule has 1 fully saturated rings. The van der Waals surface area contributed by atoms with Crippen molar-refractivity contribution in [3.05, 3.63) is 77.2 Å². The van der Waals surface area contributed by atoms with Gasteiger partial charge in [0.1, 0.15) is 5.82 Å². The zero-order chi connectivity index (χ0) is 25.2. The van der Waals surface area contributed by atoms with E-state index in [1.807, 2.05) is 25.2 Å². The number of nitrogens with zero attached hydrogens (tertiary/aromatic N) is 3. The fourth-order valence-electron chi connectivity index (χ4n) is 4.42. The van der Waals surface area contributed by atoms with Crippen LogP contribution in [0.2, 0.25) is 0 Å². The molecule has 1 aliphatic heterocycles. The number of hydrogen-bond acceptors (Lipinski definition) is 4. The molecule has 192 valence electrons. The summed E-state index contributed by atoms with van der Waals surface area (Å²) in [6, 6.07) is 16.7. The number of nitrogens with one attached hydrogen (secondary N) is 2. The molecule has 1 saturated heterocycles. The first-order chi connectivity index (χ1) is 17.6. The Bertz CT molecular complexity index is 1110. The Morgan fingerprint density at radius 2 is 1.89 bits per heavy atom. The van der Waals surface area contributed by atoms with E-state index in [4.69, 9.17) is 4.74 Å². The third kappa shape index (κ3) is 7.63. The molecule has 0 aliphatic carbocycles. The average molecular weight is 494 g/mol. The number of aromatic amines is 1. The lowest BCUT2D eigenvalue weighted by atomic mass is 10.1. The van der Waals surface area contributed by atoms with E-state index in [1.54, 1.807) is 11.0 Å². The molecular weight excluding hydrogens is 457 g/mol. The van der Waals surface area contributed by atoms with Crippen LogP contribution < -0.4 is 5.32 Å². The quantitative estimate of drug-likeness (QED) is 0.383. The number of H-pyrrole nitrogens is 1. The summed E-state index contributed by atoms with van der Waals surface area (Å²) in [5.74, 6) is -0.262. The first-order valence-corrected chi connectivity index (χ1v) is 12.7. The Morgan fingerprint density at radius 3 is 2.69 bits per heavy atom. The van der Waals surface area contributed by atoms with Crippen molar-refractivity contribution in [2.24, 2.45) is 0 Å². The maximum atomic E-state index is 13.4. The van der Waals surface area contributed by atoms with E-state index in [0.29, 0.717) is 13.1 Å². The van der Waals surface area contributed by atoms with Crippen molar-refractivity contribution in [1.29, 1.82) is 0 Å². The summed E-state index contributed by atoms with van der Waals surface area (Å²) in [4.78, 5) is 16.8. The molecule has 0 unspecified atom stereocenters. The molecular formula is C28H36FN5O2. The first-order valence-electron chi connectivity index (χ1n) is 12.7. The molecule has 0 spiro atoms. The van der Waals surface area contributed by atoms with Crippen LogP contribution in [0.4, 0.5) is 9.18 Å². The number of aryl methyl sites for hydroxylation is 1. The van der Waals surface area contributed by atoms with Crippen LogP contribution in [0.3, 0.4) is 0 Å². The number of benzene rings is 2. The number of amides is 2. The number of aromatic nitrogens is 2. The lowest BCUT2D eigenvalue weighted by molar-refractivity contribution is 0.0341. The number of ether oxygens (including phenoxy) is 1. The van der Waals surface area contributed by atoms with E-state index in [-0.39, 0.29) is 11.8 Å². The van der Waals surface area contributed by atoms with E-state index in [9.17, 15) is 9.18 Å². The third-order valence-electron chi connectivity index (χ3n) is 6.58. The van der Waals surface area contributed by atoms with Gasteiger partial charge in [0.05, 0.1) is 18.9 Å². The van der Waals surface area contributed by atoms with Crippen LogP contribution in [0.5, 0.6) is 0 Å². The minimum absolute atomic E-state index is 0.0514. The van der Waals surface area contributed by atoms with E-state index in [1.165, 1.54) is 17.7 Å². The summed E-state index contributed by atoms with van der Waals surface area (Å²) in [6.45, 7) is 5.56. The molecule has 8 heteroatoms. The van der Waals surface area contributed by atoms with Gasteiger partial charge in [-0.1, -0.05) is 42.8 Å². The summed E-state index contributed by atoms with van der Waals surface area (Å²) in [5.41, 5.74) is 4.97. The number of halogens is 1. The molecule has 0 bridgehead atoms. The largest absolute Gasteiger partial charge is 0.379 e. The van der Waals surface area contributed by atoms with Crippen molar-refractivity contribution in [3.63, 3.8) is 0 Å². The van der Waals surface area contributed by atoms with Crippen LogP contribution in [0, 0.1) is 5.82 Å². The highest BCUT2D eigenvalue weighted by Gasteiger charge is 2.14. The molecule has 3 aromatic rings. The lowest BCUT2D eigenvalue weighted by Gasteiger charge is -2.27. The maximum Gasteiger partial charge on any atom is 0.317 e. The number of hydrogen-bond donors (Lipinski definition) is 2. The van der Waals surface area contributed by atoms with Crippen molar-refractivity contribution in [1.82, 2.24) is 25.3 Å². The van der Waals surface area contributed by atoms with Gasteiger partial charge in [-0.15, -0.1) is 0 Å². The van der Waals surface area contributed by atoms with E-state index >= 15 is 0 Å². The standard InChI is InChI=1S/C28H36FN5O2/c1-33(13-6-2-3-12-26-19-27(32-31-26)22-10-7-11-25(29)18-22)28(35)30-20-23-8-4-5-9-24(23)21-34-14-16-36-17-15-34/h4-5,7-11,18-19H,2-3,6,12-17,20-21H2,1H3,(H,30,35)(H,31,32). The topological polar surface area (TPSA) is 73.5 Å². The SMILES string of the molecule is CN(CCCCCc1cc(-c2cccc(F)c2)n[nH]1)C(=O)NCc1ccccc1CN1CCOCC1. The Kier molecular flexibility index (Phi) is 9.47. The Hall–Kier alpha value is -3.23. The van der Waals surface area contributed by atoms with Gasteiger partial charge in [-0.2, -0.15) is 5.10 Å². The van der Waals surface area contributed by atoms with Crippen LogP contribution in [0.25, 0.3) is 11.3 Å². The second-order valence-corrected chi connectivity index (χ2v) is 9.34. The Balaban J connectivity index is 1.14. The van der Waals surface area contributed by atoms with Gasteiger partial charge >= 0.3 is 6.03 Å². The molecule has 4 rings (SSSR count). The average Bonchev–Trinajstić information content (AvgIpc) is 3.37.